The van der Waals surface area contributed by atoms with Crippen LogP contribution in [0.2, 0.25) is 0 Å². The first-order valence-electron chi connectivity index (χ1n) is 19.4. The highest BCUT2D eigenvalue weighted by molar-refractivity contribution is 5.86. The fraction of sp³-hybridized carbons (Fsp3) is 0.780. The molecule has 0 spiro atoms. The smallest absolute Gasteiger partial charge is 0.329 e. The Labute approximate surface area is 300 Å². The van der Waals surface area contributed by atoms with Crippen molar-refractivity contribution in [3.8, 4) is 0 Å². The Morgan fingerprint density at radius 1 is 0.980 bits per heavy atom. The third-order valence-corrected chi connectivity index (χ3v) is 12.0. The number of carbonyl (C=O) groups is 3. The van der Waals surface area contributed by atoms with Crippen LogP contribution in [0.4, 0.5) is 0 Å². The molecule has 3 aliphatic heterocycles. The quantitative estimate of drug-likeness (QED) is 0.306. The lowest BCUT2D eigenvalue weighted by molar-refractivity contribution is -0.284. The molecule has 3 heterocycles. The number of ketones is 1. The summed E-state index contributed by atoms with van der Waals surface area (Å²) in [4.78, 5) is 43.3. The Balaban J connectivity index is 1.61. The minimum absolute atomic E-state index is 0.0541. The number of fused-ring (bicyclic) bond motifs is 3. The second kappa shape index (κ2) is 19.0. The number of cyclic esters (lactones) is 1. The molecule has 9 atom stereocenters. The normalized spacial score (nSPS) is 39.4. The van der Waals surface area contributed by atoms with Crippen LogP contribution in [-0.2, 0) is 28.6 Å². The number of methoxy groups -OCH3 is 1. The van der Waals surface area contributed by atoms with Gasteiger partial charge in [-0.25, -0.2) is 4.79 Å². The fourth-order valence-electron chi connectivity index (χ4n) is 8.45. The molecule has 1 saturated carbocycles. The van der Waals surface area contributed by atoms with Gasteiger partial charge in [-0.2, -0.15) is 0 Å². The van der Waals surface area contributed by atoms with Crippen LogP contribution in [0.15, 0.2) is 36.0 Å². The van der Waals surface area contributed by atoms with Crippen LogP contribution in [0.3, 0.4) is 0 Å². The molecule has 0 aromatic heterocycles. The molecule has 9 heteroatoms. The van der Waals surface area contributed by atoms with Crippen molar-refractivity contribution in [3.05, 3.63) is 36.0 Å². The molecule has 2 saturated heterocycles. The van der Waals surface area contributed by atoms with E-state index in [0.29, 0.717) is 38.1 Å². The lowest BCUT2D eigenvalue weighted by Gasteiger charge is -2.44. The maximum absolute atomic E-state index is 14.0. The van der Waals surface area contributed by atoms with Gasteiger partial charge in [-0.1, -0.05) is 58.1 Å². The van der Waals surface area contributed by atoms with Crippen LogP contribution in [0, 0.1) is 29.6 Å². The Hall–Kier alpha value is -2.33. The van der Waals surface area contributed by atoms with Gasteiger partial charge in [0.2, 0.25) is 5.91 Å². The van der Waals surface area contributed by atoms with Crippen molar-refractivity contribution in [2.45, 2.75) is 161 Å². The van der Waals surface area contributed by atoms with Gasteiger partial charge in [0.05, 0.1) is 24.7 Å². The van der Waals surface area contributed by atoms with Gasteiger partial charge < -0.3 is 29.3 Å². The molecule has 1 amide bonds. The van der Waals surface area contributed by atoms with Gasteiger partial charge in [-0.05, 0) is 101 Å². The first kappa shape index (κ1) is 40.4. The zero-order valence-corrected chi connectivity index (χ0v) is 31.6. The number of amides is 1. The standard InChI is InChI=1S/C41H65NO8/c1-27-12-8-7-9-13-28(2)37(48-6)24-34-20-15-31(5)41(47,50-34)26-39(45)42-21-11-10-14-35(42)40(46)49-38(25-36(44)29(3)22-27)30(4)23-32-16-18-33(43)19-17-32/h7-9,12-13,27,29-35,37-38,43,47H,10-11,14-26H2,1-6H3/b9-7+,12-8+,28-13?/t27-,29-,30-,31-,32?,33?,34+,35+,37+,38?,41+/m1/s1. The number of nitrogens with zero attached hydrogens (tertiary/aromatic N) is 1. The van der Waals surface area contributed by atoms with E-state index in [1.165, 1.54) is 0 Å². The summed E-state index contributed by atoms with van der Waals surface area (Å²) < 4.78 is 18.4. The zero-order chi connectivity index (χ0) is 36.4. The van der Waals surface area contributed by atoms with E-state index in [-0.39, 0.29) is 66.5 Å². The molecule has 2 N–H and O–H groups in total. The number of allylic oxidation sites excluding steroid dienone is 5. The summed E-state index contributed by atoms with van der Waals surface area (Å²) in [6.07, 6.45) is 17.6. The summed E-state index contributed by atoms with van der Waals surface area (Å²) in [6.45, 7) is 10.5. The summed E-state index contributed by atoms with van der Waals surface area (Å²) >= 11 is 0. The van der Waals surface area contributed by atoms with Crippen molar-refractivity contribution in [1.82, 2.24) is 4.90 Å². The van der Waals surface area contributed by atoms with E-state index in [0.717, 1.165) is 56.9 Å². The summed E-state index contributed by atoms with van der Waals surface area (Å²) in [5.41, 5.74) is 1.03. The Bertz CT molecular complexity index is 1220. The first-order valence-corrected chi connectivity index (χ1v) is 19.4. The molecule has 4 aliphatic rings. The van der Waals surface area contributed by atoms with Crippen LogP contribution in [0.5, 0.6) is 0 Å². The lowest BCUT2D eigenvalue weighted by atomic mass is 9.79. The predicted octanol–water partition coefficient (Wildman–Crippen LogP) is 6.85. The van der Waals surface area contributed by atoms with Gasteiger partial charge in [-0.15, -0.1) is 0 Å². The van der Waals surface area contributed by atoms with Crippen molar-refractivity contribution in [3.63, 3.8) is 0 Å². The Morgan fingerprint density at radius 3 is 2.44 bits per heavy atom. The number of esters is 1. The number of aliphatic hydroxyl groups excluding tert-OH is 1. The number of hydrogen-bond donors (Lipinski definition) is 2. The summed E-state index contributed by atoms with van der Waals surface area (Å²) in [5.74, 6) is -2.32. The monoisotopic (exact) mass is 699 g/mol. The second-order valence-corrected chi connectivity index (χ2v) is 16.1. The van der Waals surface area contributed by atoms with E-state index >= 15 is 0 Å². The van der Waals surface area contributed by atoms with E-state index in [2.05, 4.69) is 19.9 Å². The van der Waals surface area contributed by atoms with Gasteiger partial charge in [-0.3, -0.25) is 9.59 Å². The number of carbonyl (C=O) groups excluding carboxylic acids is 3. The highest BCUT2D eigenvalue weighted by atomic mass is 16.6. The molecule has 0 radical (unpaired) electrons. The topological polar surface area (TPSA) is 123 Å². The molecule has 0 aromatic carbocycles. The van der Waals surface area contributed by atoms with Crippen LogP contribution in [0.25, 0.3) is 0 Å². The van der Waals surface area contributed by atoms with Gasteiger partial charge in [0.25, 0.3) is 0 Å². The van der Waals surface area contributed by atoms with Crippen LogP contribution in [0.1, 0.15) is 125 Å². The summed E-state index contributed by atoms with van der Waals surface area (Å²) in [5, 5.41) is 21.9. The van der Waals surface area contributed by atoms with Gasteiger partial charge in [0.1, 0.15) is 17.9 Å². The molecular weight excluding hydrogens is 634 g/mol. The average molecular weight is 700 g/mol. The molecule has 9 nitrogen and oxygen atoms in total. The molecule has 4 rings (SSSR count). The van der Waals surface area contributed by atoms with Crippen LogP contribution >= 0.6 is 0 Å². The summed E-state index contributed by atoms with van der Waals surface area (Å²) in [7, 11) is 1.67. The third kappa shape index (κ3) is 11.3. The SMILES string of the molecule is CO[C@H]1C[C@@H]2CC[C@@H](C)[C@](O)(CC(=O)N3CCCC[C@H]3C(=O)OC([C@H](C)CC3CCC(O)CC3)CC(=O)[C@H](C)C[C@H](C)/C=C/C=C/C=C1C)O2. The van der Waals surface area contributed by atoms with Gasteiger partial charge in [0.15, 0.2) is 5.79 Å². The second-order valence-electron chi connectivity index (χ2n) is 16.1. The van der Waals surface area contributed by atoms with Crippen LogP contribution < -0.4 is 0 Å². The van der Waals surface area contributed by atoms with Crippen molar-refractivity contribution in [2.24, 2.45) is 29.6 Å². The number of aliphatic hydroxyl groups is 2. The lowest BCUT2D eigenvalue weighted by Crippen LogP contribution is -2.55. The number of Topliss-reactive ketones (excluding diaryl/α,β-unsaturated/α-hetero) is 1. The number of piperidine rings is 1. The molecule has 2 bridgehead atoms. The maximum Gasteiger partial charge on any atom is 0.329 e. The zero-order valence-electron chi connectivity index (χ0n) is 31.6. The van der Waals surface area contributed by atoms with Crippen molar-refractivity contribution >= 4 is 17.7 Å². The van der Waals surface area contributed by atoms with Crippen molar-refractivity contribution in [2.75, 3.05) is 13.7 Å². The molecule has 0 aromatic rings. The third-order valence-electron chi connectivity index (χ3n) is 12.0. The molecule has 282 valence electrons. The Morgan fingerprint density at radius 2 is 1.72 bits per heavy atom. The highest BCUT2D eigenvalue weighted by Gasteiger charge is 2.46. The number of rotatable bonds is 4. The first-order chi connectivity index (χ1) is 23.8. The van der Waals surface area contributed by atoms with E-state index in [1.807, 2.05) is 45.1 Å². The summed E-state index contributed by atoms with van der Waals surface area (Å²) in [6, 6.07) is -0.772. The van der Waals surface area contributed by atoms with E-state index < -0.39 is 23.9 Å². The molecule has 1 unspecified atom stereocenters. The van der Waals surface area contributed by atoms with E-state index in [1.54, 1.807) is 12.0 Å². The van der Waals surface area contributed by atoms with Gasteiger partial charge in [0, 0.05) is 38.3 Å². The number of ether oxygens (including phenoxy) is 3. The molecule has 3 fully saturated rings. The molecule has 50 heavy (non-hydrogen) atoms. The van der Waals surface area contributed by atoms with E-state index in [4.69, 9.17) is 14.2 Å². The average Bonchev–Trinajstić information content (AvgIpc) is 3.08. The fourth-order valence-corrected chi connectivity index (χ4v) is 8.45. The number of hydrogen-bond acceptors (Lipinski definition) is 8. The minimum Gasteiger partial charge on any atom is -0.460 e. The molecule has 1 aliphatic carbocycles. The van der Waals surface area contributed by atoms with Gasteiger partial charge >= 0.3 is 5.97 Å². The Kier molecular flexibility index (Phi) is 15.3. The largest absolute Gasteiger partial charge is 0.460 e. The van der Waals surface area contributed by atoms with Crippen molar-refractivity contribution < 1.29 is 38.8 Å². The minimum atomic E-state index is -1.66. The van der Waals surface area contributed by atoms with E-state index in [9.17, 15) is 24.6 Å². The predicted molar refractivity (Wildman–Crippen MR) is 194 cm³/mol. The molecular formula is C41H65NO8. The maximum atomic E-state index is 14.0. The van der Waals surface area contributed by atoms with Crippen LogP contribution in [-0.4, -0.2) is 82.7 Å². The highest BCUT2D eigenvalue weighted by Crippen LogP contribution is 2.38. The van der Waals surface area contributed by atoms with Crippen molar-refractivity contribution in [1.29, 1.82) is 0 Å².